The molecule has 0 saturated heterocycles. The molecule has 352 valence electrons. The molecule has 0 saturated carbocycles. The Morgan fingerprint density at radius 1 is 0.433 bits per heavy atom. The standard InChI is InChI=1S/C51H95O8P/c1-3-5-7-9-11-13-15-17-19-21-23-24-25-26-28-29-31-33-35-37-39-41-43-45-50(52)57-47-49(48-58-60(54,55)56)59-51(53)46-44-42-40-38-36-34-32-30-27-22-20-18-16-14-12-10-8-6-4-2/h12,14,18,20,27,30,49H,3-11,13,15-17,19,21-26,28-29,31-48H2,1-2H3,(H2,54,55,56)/b14-12-,20-18-,30-27-. The van der Waals surface area contributed by atoms with Crippen molar-refractivity contribution in [2.45, 2.75) is 264 Å². The van der Waals surface area contributed by atoms with Crippen molar-refractivity contribution in [2.75, 3.05) is 13.2 Å². The van der Waals surface area contributed by atoms with Gasteiger partial charge in [-0.1, -0.05) is 230 Å². The van der Waals surface area contributed by atoms with E-state index in [1.807, 2.05) is 0 Å². The zero-order valence-corrected chi connectivity index (χ0v) is 40.0. The van der Waals surface area contributed by atoms with Crippen LogP contribution >= 0.6 is 7.82 Å². The van der Waals surface area contributed by atoms with Gasteiger partial charge in [0.1, 0.15) is 6.61 Å². The molecule has 2 N–H and O–H groups in total. The van der Waals surface area contributed by atoms with Crippen LogP contribution in [0, 0.1) is 0 Å². The molecule has 0 aromatic carbocycles. The Hall–Kier alpha value is -1.73. The van der Waals surface area contributed by atoms with Crippen molar-refractivity contribution < 1.29 is 37.9 Å². The lowest BCUT2D eigenvalue weighted by atomic mass is 10.0. The summed E-state index contributed by atoms with van der Waals surface area (Å²) in [6.07, 6.45) is 57.3. The fourth-order valence-corrected chi connectivity index (χ4v) is 7.74. The van der Waals surface area contributed by atoms with Crippen LogP contribution in [0.2, 0.25) is 0 Å². The number of rotatable bonds is 47. The molecule has 0 radical (unpaired) electrons. The third-order valence-electron chi connectivity index (χ3n) is 11.2. The molecule has 0 aliphatic heterocycles. The number of phosphoric ester groups is 1. The number of unbranched alkanes of at least 4 members (excludes halogenated alkanes) is 31. The summed E-state index contributed by atoms with van der Waals surface area (Å²) in [6, 6.07) is 0. The average molecular weight is 867 g/mol. The highest BCUT2D eigenvalue weighted by Gasteiger charge is 2.23. The highest BCUT2D eigenvalue weighted by Crippen LogP contribution is 2.36. The number of carbonyl (C=O) groups is 2. The van der Waals surface area contributed by atoms with E-state index >= 15 is 0 Å². The highest BCUT2D eigenvalue weighted by molar-refractivity contribution is 7.46. The molecule has 0 spiro atoms. The van der Waals surface area contributed by atoms with Gasteiger partial charge in [-0.3, -0.25) is 14.1 Å². The Morgan fingerprint density at radius 3 is 1.15 bits per heavy atom. The average Bonchev–Trinajstić information content (AvgIpc) is 3.22. The zero-order valence-electron chi connectivity index (χ0n) is 39.1. The van der Waals surface area contributed by atoms with E-state index in [0.717, 1.165) is 70.6 Å². The predicted molar refractivity (Wildman–Crippen MR) is 253 cm³/mol. The molecular formula is C51H95O8P. The van der Waals surface area contributed by atoms with E-state index in [0.29, 0.717) is 6.42 Å². The number of allylic oxidation sites excluding steroid dienone is 6. The van der Waals surface area contributed by atoms with E-state index in [4.69, 9.17) is 19.3 Å². The Kier molecular flexibility index (Phi) is 45.4. The summed E-state index contributed by atoms with van der Waals surface area (Å²) in [5.74, 6) is -0.887. The third kappa shape index (κ3) is 48.9. The van der Waals surface area contributed by atoms with Crippen LogP contribution in [0.15, 0.2) is 36.5 Å². The maximum atomic E-state index is 12.5. The maximum Gasteiger partial charge on any atom is 0.469 e. The van der Waals surface area contributed by atoms with Crippen molar-refractivity contribution in [2.24, 2.45) is 0 Å². The van der Waals surface area contributed by atoms with Crippen LogP contribution in [-0.2, 0) is 28.2 Å². The van der Waals surface area contributed by atoms with Gasteiger partial charge in [0, 0.05) is 12.8 Å². The van der Waals surface area contributed by atoms with Crippen molar-refractivity contribution in [1.82, 2.24) is 0 Å². The molecule has 60 heavy (non-hydrogen) atoms. The molecule has 1 atom stereocenters. The van der Waals surface area contributed by atoms with Crippen LogP contribution < -0.4 is 0 Å². The number of hydrogen-bond acceptors (Lipinski definition) is 6. The van der Waals surface area contributed by atoms with Crippen LogP contribution in [0.3, 0.4) is 0 Å². The topological polar surface area (TPSA) is 119 Å². The third-order valence-corrected chi connectivity index (χ3v) is 11.6. The van der Waals surface area contributed by atoms with Gasteiger partial charge in [0.25, 0.3) is 0 Å². The minimum Gasteiger partial charge on any atom is -0.462 e. The summed E-state index contributed by atoms with van der Waals surface area (Å²) >= 11 is 0. The number of hydrogen-bond donors (Lipinski definition) is 2. The first-order valence-corrected chi connectivity index (χ1v) is 26.8. The van der Waals surface area contributed by atoms with Crippen LogP contribution in [0.5, 0.6) is 0 Å². The molecule has 8 nitrogen and oxygen atoms in total. The summed E-state index contributed by atoms with van der Waals surface area (Å²) in [7, 11) is -4.76. The Balaban J connectivity index is 3.81. The SMILES string of the molecule is CCCCC/C=C\C/C=C\C/C=C\CCCCCCCCC(=O)OC(COC(=O)CCCCCCCCCCCCCCCCCCCCCCCCC)COP(=O)(O)O. The number of esters is 2. The first kappa shape index (κ1) is 58.3. The van der Waals surface area contributed by atoms with Gasteiger partial charge in [0.05, 0.1) is 6.61 Å². The second-order valence-electron chi connectivity index (χ2n) is 17.2. The molecule has 0 rings (SSSR count). The first-order valence-electron chi connectivity index (χ1n) is 25.3. The summed E-state index contributed by atoms with van der Waals surface area (Å²) in [4.78, 5) is 43.1. The minimum atomic E-state index is -4.76. The second-order valence-corrected chi connectivity index (χ2v) is 18.4. The Labute approximate surface area is 370 Å². The van der Waals surface area contributed by atoms with E-state index in [1.54, 1.807) is 0 Å². The highest BCUT2D eigenvalue weighted by atomic mass is 31.2. The Morgan fingerprint density at radius 2 is 0.750 bits per heavy atom. The predicted octanol–water partition coefficient (Wildman–Crippen LogP) is 16.1. The van der Waals surface area contributed by atoms with Crippen molar-refractivity contribution in [1.29, 1.82) is 0 Å². The molecule has 0 aromatic rings. The molecule has 0 heterocycles. The molecule has 1 unspecified atom stereocenters. The molecule has 9 heteroatoms. The second kappa shape index (κ2) is 46.8. The normalized spacial score (nSPS) is 12.7. The number of carbonyl (C=O) groups excluding carboxylic acids is 2. The van der Waals surface area contributed by atoms with E-state index in [2.05, 4.69) is 54.8 Å². The number of ether oxygens (including phenoxy) is 2. The van der Waals surface area contributed by atoms with E-state index in [-0.39, 0.29) is 19.4 Å². The summed E-state index contributed by atoms with van der Waals surface area (Å²) in [5, 5.41) is 0. The van der Waals surface area contributed by atoms with Gasteiger partial charge in [-0.15, -0.1) is 0 Å². The lowest BCUT2D eigenvalue weighted by Gasteiger charge is -2.18. The van der Waals surface area contributed by atoms with E-state index in [1.165, 1.54) is 154 Å². The summed E-state index contributed by atoms with van der Waals surface area (Å²) in [5.41, 5.74) is 0. The van der Waals surface area contributed by atoms with Gasteiger partial charge < -0.3 is 19.3 Å². The van der Waals surface area contributed by atoms with Crippen LogP contribution in [0.1, 0.15) is 258 Å². The molecule has 0 aliphatic carbocycles. The minimum absolute atomic E-state index is 0.199. The fraction of sp³-hybridized carbons (Fsp3) is 0.843. The van der Waals surface area contributed by atoms with Crippen molar-refractivity contribution in [3.05, 3.63) is 36.5 Å². The van der Waals surface area contributed by atoms with Gasteiger partial charge in [-0.25, -0.2) is 4.57 Å². The van der Waals surface area contributed by atoms with Gasteiger partial charge in [-0.05, 0) is 51.4 Å². The van der Waals surface area contributed by atoms with Crippen LogP contribution in [0.25, 0.3) is 0 Å². The fourth-order valence-electron chi connectivity index (χ4n) is 7.38. The zero-order chi connectivity index (χ0) is 43.9. The van der Waals surface area contributed by atoms with Crippen molar-refractivity contribution >= 4 is 19.8 Å². The first-order chi connectivity index (χ1) is 29.3. The Bertz CT molecular complexity index is 1070. The van der Waals surface area contributed by atoms with Gasteiger partial charge >= 0.3 is 19.8 Å². The molecular weight excluding hydrogens is 772 g/mol. The lowest BCUT2D eigenvalue weighted by molar-refractivity contribution is -0.161. The summed E-state index contributed by atoms with van der Waals surface area (Å²) in [6.45, 7) is 3.69. The molecule has 0 aromatic heterocycles. The van der Waals surface area contributed by atoms with Crippen molar-refractivity contribution in [3.8, 4) is 0 Å². The number of phosphoric acid groups is 1. The summed E-state index contributed by atoms with van der Waals surface area (Å²) < 4.78 is 26.5. The quantitative estimate of drug-likeness (QED) is 0.0269. The van der Waals surface area contributed by atoms with E-state index in [9.17, 15) is 14.2 Å². The lowest BCUT2D eigenvalue weighted by Crippen LogP contribution is -2.29. The van der Waals surface area contributed by atoms with Crippen LogP contribution in [0.4, 0.5) is 0 Å². The van der Waals surface area contributed by atoms with Gasteiger partial charge in [0.15, 0.2) is 6.10 Å². The van der Waals surface area contributed by atoms with Crippen molar-refractivity contribution in [3.63, 3.8) is 0 Å². The van der Waals surface area contributed by atoms with Gasteiger partial charge in [0.2, 0.25) is 0 Å². The smallest absolute Gasteiger partial charge is 0.462 e. The molecule has 0 bridgehead atoms. The largest absolute Gasteiger partial charge is 0.469 e. The molecule has 0 aliphatic rings. The van der Waals surface area contributed by atoms with Gasteiger partial charge in [-0.2, -0.15) is 0 Å². The maximum absolute atomic E-state index is 12.5. The van der Waals surface area contributed by atoms with E-state index < -0.39 is 32.5 Å². The van der Waals surface area contributed by atoms with Crippen LogP contribution in [-0.4, -0.2) is 41.0 Å². The molecule has 0 fully saturated rings. The molecule has 0 amide bonds. The monoisotopic (exact) mass is 867 g/mol.